The van der Waals surface area contributed by atoms with Gasteiger partial charge in [0, 0.05) is 23.9 Å². The highest BCUT2D eigenvalue weighted by atomic mass is 16.5. The third-order valence-electron chi connectivity index (χ3n) is 3.36. The number of rotatable bonds is 3. The summed E-state index contributed by atoms with van der Waals surface area (Å²) in [5.74, 6) is -0.385. The SMILES string of the molecule is Cc1cc(C(N)=O)ccc1NC1CCOC(C)C1. The number of nitrogens with two attached hydrogens (primary N) is 1. The van der Waals surface area contributed by atoms with Gasteiger partial charge in [-0.3, -0.25) is 4.79 Å². The number of carbonyl (C=O) groups excluding carboxylic acids is 1. The first-order valence-corrected chi connectivity index (χ1v) is 6.35. The van der Waals surface area contributed by atoms with Gasteiger partial charge in [-0.15, -0.1) is 0 Å². The lowest BCUT2D eigenvalue weighted by Crippen LogP contribution is -2.32. The average molecular weight is 248 g/mol. The number of carbonyl (C=O) groups is 1. The molecule has 0 saturated carbocycles. The summed E-state index contributed by atoms with van der Waals surface area (Å²) in [4.78, 5) is 11.1. The van der Waals surface area contributed by atoms with E-state index in [1.54, 1.807) is 6.07 Å². The van der Waals surface area contributed by atoms with Crippen molar-refractivity contribution in [2.45, 2.75) is 38.8 Å². The van der Waals surface area contributed by atoms with Crippen LogP contribution in [0.2, 0.25) is 0 Å². The van der Waals surface area contributed by atoms with Crippen LogP contribution >= 0.6 is 0 Å². The monoisotopic (exact) mass is 248 g/mol. The lowest BCUT2D eigenvalue weighted by molar-refractivity contribution is 0.0232. The van der Waals surface area contributed by atoms with Gasteiger partial charge >= 0.3 is 0 Å². The van der Waals surface area contributed by atoms with Crippen LogP contribution in [0.25, 0.3) is 0 Å². The van der Waals surface area contributed by atoms with Crippen LogP contribution < -0.4 is 11.1 Å². The molecule has 3 N–H and O–H groups in total. The van der Waals surface area contributed by atoms with E-state index in [9.17, 15) is 4.79 Å². The molecule has 0 aliphatic carbocycles. The second-order valence-electron chi connectivity index (χ2n) is 4.94. The topological polar surface area (TPSA) is 64.4 Å². The summed E-state index contributed by atoms with van der Waals surface area (Å²) in [6.45, 7) is 4.88. The van der Waals surface area contributed by atoms with Gasteiger partial charge in [-0.1, -0.05) is 0 Å². The molecule has 0 aromatic heterocycles. The molecule has 4 nitrogen and oxygen atoms in total. The van der Waals surface area contributed by atoms with Crippen LogP contribution in [0.5, 0.6) is 0 Å². The Bertz CT molecular complexity index is 445. The van der Waals surface area contributed by atoms with Crippen molar-refractivity contribution >= 4 is 11.6 Å². The van der Waals surface area contributed by atoms with Crippen molar-refractivity contribution in [3.63, 3.8) is 0 Å². The van der Waals surface area contributed by atoms with Gasteiger partial charge in [-0.05, 0) is 50.5 Å². The molecule has 2 rings (SSSR count). The van der Waals surface area contributed by atoms with E-state index in [0.29, 0.717) is 17.7 Å². The summed E-state index contributed by atoms with van der Waals surface area (Å²) in [5, 5.41) is 3.51. The first kappa shape index (κ1) is 12.9. The maximum Gasteiger partial charge on any atom is 0.248 e. The number of ether oxygens (including phenoxy) is 1. The standard InChI is InChI=1S/C14H20N2O2/c1-9-7-11(14(15)17)3-4-13(9)16-12-5-6-18-10(2)8-12/h3-4,7,10,12,16H,5-6,8H2,1-2H3,(H2,15,17). The second-order valence-corrected chi connectivity index (χ2v) is 4.94. The minimum absolute atomic E-state index is 0.307. The Kier molecular flexibility index (Phi) is 3.87. The molecule has 0 bridgehead atoms. The summed E-state index contributed by atoms with van der Waals surface area (Å²) < 4.78 is 5.53. The maximum atomic E-state index is 11.1. The molecule has 1 saturated heterocycles. The molecule has 98 valence electrons. The maximum absolute atomic E-state index is 11.1. The number of hydrogen-bond donors (Lipinski definition) is 2. The number of nitrogens with one attached hydrogen (secondary N) is 1. The van der Waals surface area contributed by atoms with Crippen molar-refractivity contribution in [2.75, 3.05) is 11.9 Å². The molecule has 0 radical (unpaired) electrons. The molecule has 1 aromatic carbocycles. The number of hydrogen-bond acceptors (Lipinski definition) is 3. The first-order chi connectivity index (χ1) is 8.56. The zero-order valence-electron chi connectivity index (χ0n) is 10.9. The van der Waals surface area contributed by atoms with Crippen LogP contribution in [0.1, 0.15) is 35.7 Å². The minimum atomic E-state index is -0.385. The molecule has 1 amide bonds. The van der Waals surface area contributed by atoms with E-state index in [1.165, 1.54) is 0 Å². The van der Waals surface area contributed by atoms with Crippen molar-refractivity contribution < 1.29 is 9.53 Å². The summed E-state index contributed by atoms with van der Waals surface area (Å²) >= 11 is 0. The van der Waals surface area contributed by atoms with Gasteiger partial charge < -0.3 is 15.8 Å². The minimum Gasteiger partial charge on any atom is -0.382 e. The molecule has 1 aromatic rings. The van der Waals surface area contributed by atoms with Crippen molar-refractivity contribution in [1.29, 1.82) is 0 Å². The Labute approximate surface area is 108 Å². The highest BCUT2D eigenvalue weighted by molar-refractivity contribution is 5.93. The molecule has 1 fully saturated rings. The van der Waals surface area contributed by atoms with Gasteiger partial charge in [0.05, 0.1) is 6.10 Å². The predicted octanol–water partition coefficient (Wildman–Crippen LogP) is 2.07. The van der Waals surface area contributed by atoms with Crippen LogP contribution in [0, 0.1) is 6.92 Å². The fourth-order valence-electron chi connectivity index (χ4n) is 2.33. The number of primary amides is 1. The molecule has 18 heavy (non-hydrogen) atoms. The molecular formula is C14H20N2O2. The van der Waals surface area contributed by atoms with Crippen LogP contribution in [0.15, 0.2) is 18.2 Å². The Hall–Kier alpha value is -1.55. The summed E-state index contributed by atoms with van der Waals surface area (Å²) in [6, 6.07) is 5.95. The van der Waals surface area contributed by atoms with Gasteiger partial charge in [0.1, 0.15) is 0 Å². The van der Waals surface area contributed by atoms with Crippen molar-refractivity contribution in [3.05, 3.63) is 29.3 Å². The molecule has 4 heteroatoms. The Morgan fingerprint density at radius 2 is 2.28 bits per heavy atom. The van der Waals surface area contributed by atoms with E-state index >= 15 is 0 Å². The van der Waals surface area contributed by atoms with Gasteiger partial charge in [0.15, 0.2) is 0 Å². The molecule has 1 heterocycles. The summed E-state index contributed by atoms with van der Waals surface area (Å²) in [7, 11) is 0. The third-order valence-corrected chi connectivity index (χ3v) is 3.36. The second kappa shape index (κ2) is 5.40. The third kappa shape index (κ3) is 3.01. The zero-order valence-corrected chi connectivity index (χ0v) is 10.9. The fraction of sp³-hybridized carbons (Fsp3) is 0.500. The number of aryl methyl sites for hydroxylation is 1. The smallest absolute Gasteiger partial charge is 0.248 e. The van der Waals surface area contributed by atoms with Gasteiger partial charge in [-0.2, -0.15) is 0 Å². The van der Waals surface area contributed by atoms with Gasteiger partial charge in [0.2, 0.25) is 5.91 Å². The van der Waals surface area contributed by atoms with Crippen LogP contribution in [0.4, 0.5) is 5.69 Å². The summed E-state index contributed by atoms with van der Waals surface area (Å²) in [5.41, 5.74) is 7.93. The quantitative estimate of drug-likeness (QED) is 0.860. The van der Waals surface area contributed by atoms with E-state index in [2.05, 4.69) is 12.2 Å². The van der Waals surface area contributed by atoms with Crippen LogP contribution in [-0.4, -0.2) is 24.7 Å². The lowest BCUT2D eigenvalue weighted by atomic mass is 10.0. The Morgan fingerprint density at radius 1 is 1.50 bits per heavy atom. The molecule has 2 atom stereocenters. The van der Waals surface area contributed by atoms with E-state index < -0.39 is 0 Å². The van der Waals surface area contributed by atoms with E-state index in [1.807, 2.05) is 19.1 Å². The molecular weight excluding hydrogens is 228 g/mol. The van der Waals surface area contributed by atoms with Crippen LogP contribution in [-0.2, 0) is 4.74 Å². The van der Waals surface area contributed by atoms with Crippen molar-refractivity contribution in [2.24, 2.45) is 5.73 Å². The van der Waals surface area contributed by atoms with Gasteiger partial charge in [0.25, 0.3) is 0 Å². The summed E-state index contributed by atoms with van der Waals surface area (Å²) in [6.07, 6.45) is 2.33. The van der Waals surface area contributed by atoms with Crippen molar-refractivity contribution in [1.82, 2.24) is 0 Å². The molecule has 1 aliphatic heterocycles. The first-order valence-electron chi connectivity index (χ1n) is 6.35. The number of benzene rings is 1. The normalized spacial score (nSPS) is 23.7. The molecule has 2 unspecified atom stereocenters. The average Bonchev–Trinajstić information content (AvgIpc) is 2.31. The highest BCUT2D eigenvalue weighted by Gasteiger charge is 2.19. The molecule has 0 spiro atoms. The van der Waals surface area contributed by atoms with Crippen molar-refractivity contribution in [3.8, 4) is 0 Å². The number of anilines is 1. The largest absolute Gasteiger partial charge is 0.382 e. The van der Waals surface area contributed by atoms with E-state index in [-0.39, 0.29) is 5.91 Å². The Morgan fingerprint density at radius 3 is 2.89 bits per heavy atom. The lowest BCUT2D eigenvalue weighted by Gasteiger charge is -2.29. The van der Waals surface area contributed by atoms with E-state index in [4.69, 9.17) is 10.5 Å². The Balaban J connectivity index is 2.07. The van der Waals surface area contributed by atoms with Gasteiger partial charge in [-0.25, -0.2) is 0 Å². The zero-order chi connectivity index (χ0) is 13.1. The number of amides is 1. The molecule has 1 aliphatic rings. The van der Waals surface area contributed by atoms with E-state index in [0.717, 1.165) is 30.7 Å². The predicted molar refractivity (Wildman–Crippen MR) is 71.8 cm³/mol. The highest BCUT2D eigenvalue weighted by Crippen LogP contribution is 2.22. The van der Waals surface area contributed by atoms with Crippen LogP contribution in [0.3, 0.4) is 0 Å². The fourth-order valence-corrected chi connectivity index (χ4v) is 2.33.